The number of hydrogen-bond donors (Lipinski definition) is 1. The van der Waals surface area contributed by atoms with E-state index in [9.17, 15) is 14.9 Å². The molecule has 2 amide bonds. The Kier molecular flexibility index (Phi) is 7.21. The van der Waals surface area contributed by atoms with E-state index in [4.69, 9.17) is 0 Å². The van der Waals surface area contributed by atoms with Gasteiger partial charge < -0.3 is 10.2 Å². The number of carbonyl (C=O) groups is 2. The van der Waals surface area contributed by atoms with E-state index in [-0.39, 0.29) is 17.7 Å². The number of nitrogens with zero attached hydrogens (tertiary/aromatic N) is 2. The summed E-state index contributed by atoms with van der Waals surface area (Å²) in [6.07, 6.45) is 7.95. The molecule has 166 valence electrons. The van der Waals surface area contributed by atoms with E-state index in [1.807, 2.05) is 53.4 Å². The fraction of sp³-hybridized carbons (Fsp3) is 0.444. The second-order valence-electron chi connectivity index (χ2n) is 9.00. The Morgan fingerprint density at radius 3 is 2.09 bits per heavy atom. The Bertz CT molecular complexity index is 963. The van der Waals surface area contributed by atoms with Crippen LogP contribution in [0.1, 0.15) is 60.9 Å². The second kappa shape index (κ2) is 10.5. The molecule has 1 heterocycles. The van der Waals surface area contributed by atoms with Crippen LogP contribution in [0, 0.1) is 17.2 Å². The molecule has 1 N–H and O–H groups in total. The summed E-state index contributed by atoms with van der Waals surface area (Å²) < 4.78 is 0. The monoisotopic (exact) mass is 429 g/mol. The Morgan fingerprint density at radius 1 is 0.906 bits per heavy atom. The van der Waals surface area contributed by atoms with Gasteiger partial charge >= 0.3 is 0 Å². The van der Waals surface area contributed by atoms with E-state index in [0.29, 0.717) is 6.42 Å². The van der Waals surface area contributed by atoms with Crippen molar-refractivity contribution in [3.63, 3.8) is 0 Å². The molecule has 1 saturated carbocycles. The Labute approximate surface area is 190 Å². The van der Waals surface area contributed by atoms with E-state index >= 15 is 0 Å². The second-order valence-corrected chi connectivity index (χ2v) is 9.00. The minimum Gasteiger partial charge on any atom is -0.340 e. The normalized spacial score (nSPS) is 17.5. The summed E-state index contributed by atoms with van der Waals surface area (Å²) in [7, 11) is 0. The van der Waals surface area contributed by atoms with Gasteiger partial charge in [0.05, 0.1) is 6.07 Å². The highest BCUT2D eigenvalue weighted by Gasteiger charge is 2.23. The van der Waals surface area contributed by atoms with Crippen LogP contribution in [-0.2, 0) is 11.2 Å². The number of likely N-dealkylation sites (tertiary alicyclic amines) is 1. The van der Waals surface area contributed by atoms with Crippen molar-refractivity contribution in [2.24, 2.45) is 5.92 Å². The lowest BCUT2D eigenvalue weighted by atomic mass is 9.88. The van der Waals surface area contributed by atoms with Crippen LogP contribution in [0.25, 0.3) is 11.1 Å². The van der Waals surface area contributed by atoms with Gasteiger partial charge in [-0.2, -0.15) is 5.26 Å². The van der Waals surface area contributed by atoms with Crippen molar-refractivity contribution in [1.29, 1.82) is 5.26 Å². The molecule has 2 aliphatic rings. The van der Waals surface area contributed by atoms with Crippen molar-refractivity contribution in [3.05, 3.63) is 59.7 Å². The molecular weight excluding hydrogens is 398 g/mol. The standard InChI is InChI=1S/C27H31N3O2/c28-19-25(29-26(31)23-6-2-1-3-7-23)18-20-8-10-21(11-9-20)22-12-14-24(15-13-22)27(32)30-16-4-5-17-30/h8-15,23,25H,1-7,16-18H2,(H,29,31)/t25-/m0/s1. The molecule has 0 spiro atoms. The quantitative estimate of drug-likeness (QED) is 0.722. The average Bonchev–Trinajstić information content (AvgIpc) is 3.39. The molecule has 0 bridgehead atoms. The summed E-state index contributed by atoms with van der Waals surface area (Å²) in [6.45, 7) is 1.71. The van der Waals surface area contributed by atoms with E-state index in [2.05, 4.69) is 11.4 Å². The largest absolute Gasteiger partial charge is 0.340 e. The van der Waals surface area contributed by atoms with Crippen molar-refractivity contribution < 1.29 is 9.59 Å². The summed E-state index contributed by atoms with van der Waals surface area (Å²) in [5.74, 6) is 0.195. The van der Waals surface area contributed by atoms with Crippen LogP contribution in [0.3, 0.4) is 0 Å². The lowest BCUT2D eigenvalue weighted by Crippen LogP contribution is -2.40. The first kappa shape index (κ1) is 22.1. The first-order chi connectivity index (χ1) is 15.6. The zero-order valence-electron chi connectivity index (χ0n) is 18.6. The van der Waals surface area contributed by atoms with Gasteiger partial charge in [-0.1, -0.05) is 55.7 Å². The molecular formula is C27H31N3O2. The third-order valence-electron chi connectivity index (χ3n) is 6.70. The number of benzene rings is 2. The summed E-state index contributed by atoms with van der Waals surface area (Å²) in [6, 6.07) is 17.6. The molecule has 2 fully saturated rings. The average molecular weight is 430 g/mol. The zero-order valence-corrected chi connectivity index (χ0v) is 18.6. The highest BCUT2D eigenvalue weighted by Crippen LogP contribution is 2.24. The highest BCUT2D eigenvalue weighted by atomic mass is 16.2. The first-order valence-electron chi connectivity index (χ1n) is 11.8. The van der Waals surface area contributed by atoms with Crippen LogP contribution in [0.2, 0.25) is 0 Å². The van der Waals surface area contributed by atoms with Gasteiger partial charge in [0.2, 0.25) is 5.91 Å². The highest BCUT2D eigenvalue weighted by molar-refractivity contribution is 5.94. The van der Waals surface area contributed by atoms with E-state index < -0.39 is 6.04 Å². The topological polar surface area (TPSA) is 73.2 Å². The molecule has 32 heavy (non-hydrogen) atoms. The minimum absolute atomic E-state index is 0.0245. The Balaban J connectivity index is 1.35. The van der Waals surface area contributed by atoms with Crippen LogP contribution in [-0.4, -0.2) is 35.8 Å². The number of rotatable bonds is 6. The molecule has 1 aliphatic heterocycles. The number of nitrogens with one attached hydrogen (secondary N) is 1. The van der Waals surface area contributed by atoms with Crippen molar-refractivity contribution in [1.82, 2.24) is 10.2 Å². The molecule has 5 heteroatoms. The predicted molar refractivity (Wildman–Crippen MR) is 125 cm³/mol. The summed E-state index contributed by atoms with van der Waals surface area (Å²) in [5, 5.41) is 12.5. The van der Waals surface area contributed by atoms with Crippen molar-refractivity contribution in [2.45, 2.75) is 57.4 Å². The molecule has 0 aromatic heterocycles. The van der Waals surface area contributed by atoms with Gasteiger partial charge in [-0.15, -0.1) is 0 Å². The first-order valence-corrected chi connectivity index (χ1v) is 11.8. The van der Waals surface area contributed by atoms with Gasteiger partial charge in [-0.25, -0.2) is 0 Å². The molecule has 2 aromatic carbocycles. The molecule has 4 rings (SSSR count). The molecule has 1 atom stereocenters. The van der Waals surface area contributed by atoms with Crippen molar-refractivity contribution >= 4 is 11.8 Å². The van der Waals surface area contributed by atoms with E-state index in [1.54, 1.807) is 0 Å². The van der Waals surface area contributed by atoms with Crippen LogP contribution >= 0.6 is 0 Å². The number of carbonyl (C=O) groups excluding carboxylic acids is 2. The van der Waals surface area contributed by atoms with Gasteiger partial charge in [-0.3, -0.25) is 9.59 Å². The molecule has 1 saturated heterocycles. The minimum atomic E-state index is -0.508. The van der Waals surface area contributed by atoms with Gasteiger partial charge in [0.15, 0.2) is 0 Å². The third kappa shape index (κ3) is 5.37. The lowest BCUT2D eigenvalue weighted by molar-refractivity contribution is -0.126. The SMILES string of the molecule is N#C[C@H](Cc1ccc(-c2ccc(C(=O)N3CCCC3)cc2)cc1)NC(=O)C1CCCCC1. The van der Waals surface area contributed by atoms with E-state index in [0.717, 1.165) is 73.9 Å². The summed E-state index contributed by atoms with van der Waals surface area (Å²) in [5.41, 5.74) is 3.87. The zero-order chi connectivity index (χ0) is 22.3. The van der Waals surface area contributed by atoms with Gasteiger partial charge in [0.25, 0.3) is 5.91 Å². The third-order valence-corrected chi connectivity index (χ3v) is 6.70. The molecule has 5 nitrogen and oxygen atoms in total. The Morgan fingerprint density at radius 2 is 1.50 bits per heavy atom. The fourth-order valence-corrected chi connectivity index (χ4v) is 4.76. The van der Waals surface area contributed by atoms with E-state index in [1.165, 1.54) is 6.42 Å². The fourth-order valence-electron chi connectivity index (χ4n) is 4.76. The summed E-state index contributed by atoms with van der Waals surface area (Å²) in [4.78, 5) is 26.9. The Hall–Kier alpha value is -3.13. The number of amides is 2. The van der Waals surface area contributed by atoms with Crippen LogP contribution in [0.15, 0.2) is 48.5 Å². The maximum atomic E-state index is 12.5. The van der Waals surface area contributed by atoms with Gasteiger partial charge in [-0.05, 0) is 54.5 Å². The summed E-state index contributed by atoms with van der Waals surface area (Å²) >= 11 is 0. The molecule has 2 aromatic rings. The maximum Gasteiger partial charge on any atom is 0.253 e. The molecule has 0 radical (unpaired) electrons. The molecule has 1 aliphatic carbocycles. The van der Waals surface area contributed by atoms with Crippen LogP contribution in [0.4, 0.5) is 0 Å². The maximum absolute atomic E-state index is 12.5. The van der Waals surface area contributed by atoms with Gasteiger partial charge in [0, 0.05) is 31.0 Å². The van der Waals surface area contributed by atoms with Crippen molar-refractivity contribution in [2.75, 3.05) is 13.1 Å². The van der Waals surface area contributed by atoms with Gasteiger partial charge in [0.1, 0.15) is 6.04 Å². The lowest BCUT2D eigenvalue weighted by Gasteiger charge is -2.22. The van der Waals surface area contributed by atoms with Crippen LogP contribution in [0.5, 0.6) is 0 Å². The number of hydrogen-bond acceptors (Lipinski definition) is 3. The number of nitriles is 1. The smallest absolute Gasteiger partial charge is 0.253 e. The van der Waals surface area contributed by atoms with Crippen molar-refractivity contribution in [3.8, 4) is 17.2 Å². The molecule has 0 unspecified atom stereocenters. The van der Waals surface area contributed by atoms with Crippen LogP contribution < -0.4 is 5.32 Å². The predicted octanol–water partition coefficient (Wildman–Crippen LogP) is 4.72.